The highest BCUT2D eigenvalue weighted by Crippen LogP contribution is 2.47. The van der Waals surface area contributed by atoms with Gasteiger partial charge in [0.05, 0.1) is 12.9 Å². The minimum atomic E-state index is -5.03. The van der Waals surface area contributed by atoms with Gasteiger partial charge in [-0.25, -0.2) is 4.57 Å². The van der Waals surface area contributed by atoms with Crippen molar-refractivity contribution in [1.29, 1.82) is 0 Å². The van der Waals surface area contributed by atoms with Crippen LogP contribution in [0.3, 0.4) is 0 Å². The number of hydrogen-bond acceptors (Lipinski definition) is 11. The Bertz CT molecular complexity index is 1030. The Kier molecular flexibility index (Phi) is 32.5. The molecule has 0 saturated heterocycles. The first kappa shape index (κ1) is 52.7. The van der Waals surface area contributed by atoms with E-state index in [1.165, 1.54) is 109 Å². The van der Waals surface area contributed by atoms with E-state index in [4.69, 9.17) is 18.5 Å². The third-order valence-electron chi connectivity index (χ3n) is 10.4. The monoisotopic (exact) mass is 821 g/mol. The quantitative estimate of drug-likeness (QED) is 0.0115. The lowest BCUT2D eigenvalue weighted by Crippen LogP contribution is -2.64. The number of aliphatic hydroxyl groups excluding tert-OH is 5. The lowest BCUT2D eigenvalue weighted by atomic mass is 9.85. The topological polar surface area (TPSA) is 192 Å². The first-order valence-corrected chi connectivity index (χ1v) is 23.7. The van der Waals surface area contributed by atoms with E-state index in [0.717, 1.165) is 57.8 Å². The Balaban J connectivity index is 2.41. The van der Waals surface area contributed by atoms with Gasteiger partial charge in [-0.3, -0.25) is 13.8 Å². The largest absolute Gasteiger partial charge is 0.498 e. The predicted molar refractivity (Wildman–Crippen MR) is 221 cm³/mol. The molecule has 0 bridgehead atoms. The van der Waals surface area contributed by atoms with E-state index < -0.39 is 63.1 Å². The molecule has 6 unspecified atom stereocenters. The molecule has 330 valence electrons. The average molecular weight is 821 g/mol. The zero-order chi connectivity index (χ0) is 41.3. The molecule has 0 radical (unpaired) electrons. The van der Waals surface area contributed by atoms with Crippen LogP contribution in [0.5, 0.6) is 0 Å². The number of rotatable bonds is 37. The van der Waals surface area contributed by atoms with Crippen LogP contribution in [0, 0.1) is 0 Å². The van der Waals surface area contributed by atoms with Crippen molar-refractivity contribution in [3.05, 3.63) is 24.5 Å². The maximum Gasteiger partial charge on any atom is 0.472 e. The summed E-state index contributed by atoms with van der Waals surface area (Å²) in [5.74, 6) is -0.509. The van der Waals surface area contributed by atoms with Gasteiger partial charge < -0.3 is 39.9 Å². The number of ether oxygens (including phenoxy) is 2. The van der Waals surface area contributed by atoms with E-state index in [0.29, 0.717) is 6.42 Å². The summed E-state index contributed by atoms with van der Waals surface area (Å²) in [6.45, 7) is 3.67. The summed E-state index contributed by atoms with van der Waals surface area (Å²) in [6, 6.07) is 0. The summed E-state index contributed by atoms with van der Waals surface area (Å²) in [5, 5.41) is 50.0. The standard InChI is InChI=1S/C43H81O12P/c1-3-5-7-9-11-13-15-16-17-18-19-20-21-23-25-27-29-31-33-52-34-36(54-37(44)32-30-28-26-24-22-14-12-10-8-6-4-2)35-53-56(50,51)55-43-41(48)39(46)38(45)40(47)42(43)49/h10,12,31,33,36,38-43,45-49H,3-9,11,13-30,32,34-35H2,1-2H3,(H,50,51)/b12-10-,33-31-/t36-,38?,39-,40?,41?,42?,43?/m1/s1. The Morgan fingerprint density at radius 3 is 1.46 bits per heavy atom. The molecule has 12 nitrogen and oxygen atoms in total. The lowest BCUT2D eigenvalue weighted by molar-refractivity contribution is -0.220. The Hall–Kier alpha value is -1.34. The third-order valence-corrected chi connectivity index (χ3v) is 11.4. The molecule has 0 aliphatic heterocycles. The Morgan fingerprint density at radius 2 is 0.964 bits per heavy atom. The Labute approximate surface area is 339 Å². The van der Waals surface area contributed by atoms with Gasteiger partial charge in [-0.05, 0) is 44.6 Å². The van der Waals surface area contributed by atoms with Gasteiger partial charge >= 0.3 is 13.8 Å². The Morgan fingerprint density at radius 1 is 0.554 bits per heavy atom. The first-order valence-electron chi connectivity index (χ1n) is 22.2. The minimum absolute atomic E-state index is 0.161. The van der Waals surface area contributed by atoms with Crippen molar-refractivity contribution in [3.63, 3.8) is 0 Å². The van der Waals surface area contributed by atoms with Crippen LogP contribution in [-0.2, 0) is 27.9 Å². The molecular formula is C43H81O12P. The van der Waals surface area contributed by atoms with Gasteiger partial charge in [0.25, 0.3) is 0 Å². The molecule has 1 fully saturated rings. The number of carbonyl (C=O) groups excluding carboxylic acids is 1. The molecule has 6 N–H and O–H groups in total. The van der Waals surface area contributed by atoms with Crippen LogP contribution in [-0.4, -0.2) is 92.3 Å². The number of phosphoric acid groups is 1. The van der Waals surface area contributed by atoms with Gasteiger partial charge in [0.15, 0.2) is 6.10 Å². The van der Waals surface area contributed by atoms with Crippen molar-refractivity contribution >= 4 is 13.8 Å². The summed E-state index contributed by atoms with van der Waals surface area (Å²) >= 11 is 0. The summed E-state index contributed by atoms with van der Waals surface area (Å²) in [4.78, 5) is 23.0. The molecule has 0 spiro atoms. The number of esters is 1. The molecule has 1 saturated carbocycles. The molecule has 1 rings (SSSR count). The molecule has 8 atom stereocenters. The van der Waals surface area contributed by atoms with Gasteiger partial charge in [0.2, 0.25) is 0 Å². The highest BCUT2D eigenvalue weighted by atomic mass is 31.2. The number of hydrogen-bond donors (Lipinski definition) is 6. The van der Waals surface area contributed by atoms with Crippen molar-refractivity contribution in [2.24, 2.45) is 0 Å². The van der Waals surface area contributed by atoms with Gasteiger partial charge in [0.1, 0.15) is 43.2 Å². The molecule has 1 aliphatic carbocycles. The summed E-state index contributed by atoms with van der Waals surface area (Å²) in [7, 11) is -5.03. The fourth-order valence-electron chi connectivity index (χ4n) is 6.77. The average Bonchev–Trinajstić information content (AvgIpc) is 3.18. The summed E-state index contributed by atoms with van der Waals surface area (Å²) in [6.07, 6.45) is 26.3. The molecule has 1 aliphatic rings. The molecular weight excluding hydrogens is 739 g/mol. The van der Waals surface area contributed by atoms with E-state index in [2.05, 4.69) is 26.0 Å². The lowest BCUT2D eigenvalue weighted by Gasteiger charge is -2.41. The van der Waals surface area contributed by atoms with Crippen LogP contribution in [0.2, 0.25) is 0 Å². The number of allylic oxidation sites excluding steroid dienone is 3. The molecule has 13 heteroatoms. The van der Waals surface area contributed by atoms with E-state index in [1.54, 1.807) is 0 Å². The highest BCUT2D eigenvalue weighted by molar-refractivity contribution is 7.47. The van der Waals surface area contributed by atoms with E-state index in [-0.39, 0.29) is 13.0 Å². The van der Waals surface area contributed by atoms with Crippen molar-refractivity contribution in [3.8, 4) is 0 Å². The van der Waals surface area contributed by atoms with E-state index in [1.807, 2.05) is 6.08 Å². The van der Waals surface area contributed by atoms with E-state index >= 15 is 0 Å². The van der Waals surface area contributed by atoms with Gasteiger partial charge in [-0.1, -0.05) is 154 Å². The number of aliphatic hydroxyl groups is 5. The second-order valence-corrected chi connectivity index (χ2v) is 17.0. The first-order chi connectivity index (χ1) is 27.0. The van der Waals surface area contributed by atoms with Crippen molar-refractivity contribution in [2.45, 2.75) is 230 Å². The van der Waals surface area contributed by atoms with Crippen LogP contribution >= 0.6 is 7.82 Å². The second-order valence-electron chi connectivity index (χ2n) is 15.6. The smallest absolute Gasteiger partial charge is 0.472 e. The SMILES string of the molecule is CCCC/C=C\CCCCCCCC(=O)O[C@H](CO/C=C\CCCCCCCCCCCCCCCCCC)COP(=O)(O)OC1C(O)C(O)C(O)[C@@H](O)C1O. The number of unbranched alkanes of at least 4 members (excludes halogenated alkanes) is 23. The van der Waals surface area contributed by atoms with Crippen LogP contribution in [0.1, 0.15) is 187 Å². The number of carbonyl (C=O) groups is 1. The van der Waals surface area contributed by atoms with E-state index in [9.17, 15) is 39.8 Å². The molecule has 56 heavy (non-hydrogen) atoms. The van der Waals surface area contributed by atoms with Crippen molar-refractivity contribution < 1.29 is 58.3 Å². The zero-order valence-corrected chi connectivity index (χ0v) is 35.8. The maximum atomic E-state index is 12.8. The van der Waals surface area contributed by atoms with Gasteiger partial charge in [0, 0.05) is 6.42 Å². The molecule has 0 aromatic carbocycles. The predicted octanol–water partition coefficient (Wildman–Crippen LogP) is 8.88. The van der Waals surface area contributed by atoms with Crippen molar-refractivity contribution in [1.82, 2.24) is 0 Å². The summed E-state index contributed by atoms with van der Waals surface area (Å²) in [5.41, 5.74) is 0. The van der Waals surface area contributed by atoms with Crippen LogP contribution in [0.15, 0.2) is 24.5 Å². The fourth-order valence-corrected chi connectivity index (χ4v) is 7.75. The highest BCUT2D eigenvalue weighted by Gasteiger charge is 2.51. The van der Waals surface area contributed by atoms with Gasteiger partial charge in [-0.2, -0.15) is 0 Å². The van der Waals surface area contributed by atoms with Gasteiger partial charge in [-0.15, -0.1) is 0 Å². The van der Waals surface area contributed by atoms with Crippen LogP contribution in [0.25, 0.3) is 0 Å². The fraction of sp³-hybridized carbons (Fsp3) is 0.884. The second kappa shape index (κ2) is 34.5. The van der Waals surface area contributed by atoms with Crippen LogP contribution < -0.4 is 0 Å². The molecule has 0 amide bonds. The summed E-state index contributed by atoms with van der Waals surface area (Å²) < 4.78 is 33.8. The molecule has 0 heterocycles. The van der Waals surface area contributed by atoms with Crippen molar-refractivity contribution in [2.75, 3.05) is 13.2 Å². The zero-order valence-electron chi connectivity index (χ0n) is 34.9. The molecule has 0 aromatic heterocycles. The van der Waals surface area contributed by atoms with Crippen LogP contribution in [0.4, 0.5) is 0 Å². The molecule has 0 aromatic rings. The minimum Gasteiger partial charge on any atom is -0.498 e. The normalized spacial score (nSPS) is 23.1. The number of phosphoric ester groups is 1. The maximum absolute atomic E-state index is 12.8. The third kappa shape index (κ3) is 26.6.